The maximum absolute atomic E-state index is 11.1. The highest BCUT2D eigenvalue weighted by Gasteiger charge is 2.33. The molecule has 6 heteroatoms. The molecular weight excluding hydrogens is 214 g/mol. The Bertz CT molecular complexity index is 307. The van der Waals surface area contributed by atoms with E-state index >= 15 is 0 Å². The lowest BCUT2D eigenvalue weighted by Crippen LogP contribution is -2.33. The SMILES string of the molecule is O=C(OCC1CCC1)ON1C(=O)CCC1=O. The molecule has 0 aromatic carbocycles. The molecule has 0 aromatic heterocycles. The summed E-state index contributed by atoms with van der Waals surface area (Å²) in [5, 5.41) is 0.489. The second kappa shape index (κ2) is 4.51. The number of nitrogens with zero attached hydrogens (tertiary/aromatic N) is 1. The minimum Gasteiger partial charge on any atom is -0.432 e. The molecule has 1 aliphatic carbocycles. The first kappa shape index (κ1) is 10.9. The van der Waals surface area contributed by atoms with Crippen LogP contribution in [0.5, 0.6) is 0 Å². The summed E-state index contributed by atoms with van der Waals surface area (Å²) in [5.74, 6) is -0.589. The maximum atomic E-state index is 11.1. The highest BCUT2D eigenvalue weighted by Crippen LogP contribution is 2.26. The Morgan fingerprint density at radius 3 is 2.38 bits per heavy atom. The van der Waals surface area contributed by atoms with Crippen molar-refractivity contribution < 1.29 is 24.0 Å². The number of carbonyl (C=O) groups excluding carboxylic acids is 3. The zero-order valence-corrected chi connectivity index (χ0v) is 8.81. The molecule has 0 radical (unpaired) electrons. The Balaban J connectivity index is 1.73. The van der Waals surface area contributed by atoms with Crippen LogP contribution in [0.1, 0.15) is 32.1 Å². The number of ether oxygens (including phenoxy) is 1. The van der Waals surface area contributed by atoms with Crippen LogP contribution in [0, 0.1) is 5.92 Å². The molecule has 0 unspecified atom stereocenters. The molecule has 88 valence electrons. The van der Waals surface area contributed by atoms with Gasteiger partial charge in [-0.25, -0.2) is 4.79 Å². The normalized spacial score (nSPS) is 20.9. The van der Waals surface area contributed by atoms with Gasteiger partial charge >= 0.3 is 6.16 Å². The lowest BCUT2D eigenvalue weighted by Gasteiger charge is -2.24. The second-order valence-corrected chi connectivity index (χ2v) is 4.03. The van der Waals surface area contributed by atoms with Crippen molar-refractivity contribution in [3.63, 3.8) is 0 Å². The van der Waals surface area contributed by atoms with Crippen LogP contribution in [-0.4, -0.2) is 29.6 Å². The number of rotatable bonds is 3. The average Bonchev–Trinajstić information content (AvgIpc) is 2.47. The van der Waals surface area contributed by atoms with E-state index in [-0.39, 0.29) is 12.8 Å². The molecule has 0 bridgehead atoms. The van der Waals surface area contributed by atoms with E-state index < -0.39 is 18.0 Å². The Labute approximate surface area is 92.4 Å². The van der Waals surface area contributed by atoms with Crippen molar-refractivity contribution in [2.45, 2.75) is 32.1 Å². The van der Waals surface area contributed by atoms with E-state index in [0.717, 1.165) is 19.3 Å². The van der Waals surface area contributed by atoms with Crippen LogP contribution in [0.3, 0.4) is 0 Å². The summed E-state index contributed by atoms with van der Waals surface area (Å²) in [6.45, 7) is 0.301. The standard InChI is InChI=1S/C10H13NO5/c12-8-4-5-9(13)11(8)16-10(14)15-6-7-2-1-3-7/h7H,1-6H2. The summed E-state index contributed by atoms with van der Waals surface area (Å²) in [5.41, 5.74) is 0. The van der Waals surface area contributed by atoms with Gasteiger partial charge in [-0.2, -0.15) is 0 Å². The van der Waals surface area contributed by atoms with Gasteiger partial charge in [0, 0.05) is 12.8 Å². The number of imide groups is 1. The summed E-state index contributed by atoms with van der Waals surface area (Å²) in [4.78, 5) is 37.9. The fraction of sp³-hybridized carbons (Fsp3) is 0.700. The van der Waals surface area contributed by atoms with Gasteiger partial charge in [-0.1, -0.05) is 11.5 Å². The topological polar surface area (TPSA) is 72.9 Å². The highest BCUT2D eigenvalue weighted by atomic mass is 16.8. The van der Waals surface area contributed by atoms with Crippen LogP contribution in [-0.2, 0) is 19.2 Å². The molecule has 1 heterocycles. The van der Waals surface area contributed by atoms with Gasteiger partial charge < -0.3 is 4.74 Å². The Morgan fingerprint density at radius 1 is 1.25 bits per heavy atom. The molecule has 2 amide bonds. The van der Waals surface area contributed by atoms with Gasteiger partial charge in [-0.3, -0.25) is 14.4 Å². The van der Waals surface area contributed by atoms with Gasteiger partial charge in [0.05, 0.1) is 6.61 Å². The zero-order valence-electron chi connectivity index (χ0n) is 8.81. The summed E-state index contributed by atoms with van der Waals surface area (Å²) < 4.78 is 4.80. The lowest BCUT2D eigenvalue weighted by atomic mass is 9.86. The molecule has 2 aliphatic rings. The molecule has 0 spiro atoms. The van der Waals surface area contributed by atoms with E-state index in [9.17, 15) is 14.4 Å². The first-order chi connectivity index (χ1) is 7.66. The Kier molecular flexibility index (Phi) is 3.07. The quantitative estimate of drug-likeness (QED) is 0.531. The van der Waals surface area contributed by atoms with Gasteiger partial charge in [0.1, 0.15) is 0 Å². The third-order valence-electron chi connectivity index (χ3n) is 2.83. The first-order valence-electron chi connectivity index (χ1n) is 5.37. The second-order valence-electron chi connectivity index (χ2n) is 4.03. The monoisotopic (exact) mass is 227 g/mol. The smallest absolute Gasteiger partial charge is 0.432 e. The molecule has 2 rings (SSSR count). The van der Waals surface area contributed by atoms with Gasteiger partial charge in [-0.15, -0.1) is 0 Å². The predicted molar refractivity (Wildman–Crippen MR) is 50.9 cm³/mol. The minimum atomic E-state index is -0.976. The number of carbonyl (C=O) groups is 3. The largest absolute Gasteiger partial charge is 0.533 e. The van der Waals surface area contributed by atoms with Crippen LogP contribution < -0.4 is 0 Å². The van der Waals surface area contributed by atoms with Crippen molar-refractivity contribution in [1.82, 2.24) is 5.06 Å². The van der Waals surface area contributed by atoms with Crippen LogP contribution in [0.4, 0.5) is 4.79 Å². The number of amides is 2. The third-order valence-corrected chi connectivity index (χ3v) is 2.83. The van der Waals surface area contributed by atoms with Crippen LogP contribution in [0.15, 0.2) is 0 Å². The van der Waals surface area contributed by atoms with Gasteiger partial charge in [0.25, 0.3) is 11.8 Å². The molecule has 1 saturated heterocycles. The fourth-order valence-corrected chi connectivity index (χ4v) is 1.60. The molecule has 2 fully saturated rings. The van der Waals surface area contributed by atoms with E-state index in [2.05, 4.69) is 4.84 Å². The van der Waals surface area contributed by atoms with Crippen molar-refractivity contribution in [2.24, 2.45) is 5.92 Å². The highest BCUT2D eigenvalue weighted by molar-refractivity contribution is 6.01. The molecule has 16 heavy (non-hydrogen) atoms. The van der Waals surface area contributed by atoms with E-state index in [1.54, 1.807) is 0 Å². The van der Waals surface area contributed by atoms with Crippen molar-refractivity contribution in [2.75, 3.05) is 6.61 Å². The van der Waals surface area contributed by atoms with Crippen molar-refractivity contribution in [1.29, 1.82) is 0 Å². The Morgan fingerprint density at radius 2 is 1.88 bits per heavy atom. The summed E-state index contributed by atoms with van der Waals surface area (Å²) >= 11 is 0. The summed E-state index contributed by atoms with van der Waals surface area (Å²) in [6, 6.07) is 0. The number of hydrogen-bond donors (Lipinski definition) is 0. The van der Waals surface area contributed by atoms with Crippen LogP contribution in [0.2, 0.25) is 0 Å². The van der Waals surface area contributed by atoms with Crippen molar-refractivity contribution in [3.05, 3.63) is 0 Å². The van der Waals surface area contributed by atoms with E-state index in [0.29, 0.717) is 17.6 Å². The molecule has 1 aliphatic heterocycles. The molecule has 6 nitrogen and oxygen atoms in total. The van der Waals surface area contributed by atoms with Crippen LogP contribution in [0.25, 0.3) is 0 Å². The zero-order chi connectivity index (χ0) is 11.5. The van der Waals surface area contributed by atoms with Crippen LogP contribution >= 0.6 is 0 Å². The van der Waals surface area contributed by atoms with Gasteiger partial charge in [-0.05, 0) is 18.8 Å². The Hall–Kier alpha value is -1.59. The first-order valence-corrected chi connectivity index (χ1v) is 5.37. The van der Waals surface area contributed by atoms with E-state index in [1.807, 2.05) is 0 Å². The maximum Gasteiger partial charge on any atom is 0.533 e. The summed E-state index contributed by atoms with van der Waals surface area (Å²) in [7, 11) is 0. The van der Waals surface area contributed by atoms with Crippen molar-refractivity contribution >= 4 is 18.0 Å². The lowest BCUT2D eigenvalue weighted by molar-refractivity contribution is -0.177. The third kappa shape index (κ3) is 2.32. The van der Waals surface area contributed by atoms with E-state index in [4.69, 9.17) is 4.74 Å². The van der Waals surface area contributed by atoms with Crippen molar-refractivity contribution in [3.8, 4) is 0 Å². The molecule has 0 N–H and O–H groups in total. The molecule has 1 saturated carbocycles. The number of hydroxylamine groups is 2. The average molecular weight is 227 g/mol. The van der Waals surface area contributed by atoms with E-state index in [1.165, 1.54) is 0 Å². The summed E-state index contributed by atoms with van der Waals surface area (Å²) in [6.07, 6.45) is 2.47. The van der Waals surface area contributed by atoms with Gasteiger partial charge in [0.2, 0.25) is 0 Å². The van der Waals surface area contributed by atoms with Gasteiger partial charge in [0.15, 0.2) is 0 Å². The fourth-order valence-electron chi connectivity index (χ4n) is 1.60. The number of hydrogen-bond acceptors (Lipinski definition) is 5. The molecule has 0 atom stereocenters. The molecule has 0 aromatic rings. The molecular formula is C10H13NO5. The predicted octanol–water partition coefficient (Wildman–Crippen LogP) is 1.00. The minimum absolute atomic E-state index is 0.0920.